The molecular formula is C8H17N3O2. The molecule has 1 aliphatic rings. The Kier molecular flexibility index (Phi) is 4.56. The van der Waals surface area contributed by atoms with Gasteiger partial charge in [0.25, 0.3) is 0 Å². The minimum absolute atomic E-state index is 0.116. The Hall–Kier alpha value is -0.810. The highest BCUT2D eigenvalue weighted by Gasteiger charge is 2.15. The molecule has 5 nitrogen and oxygen atoms in total. The summed E-state index contributed by atoms with van der Waals surface area (Å²) in [5.41, 5.74) is 0. The van der Waals surface area contributed by atoms with Gasteiger partial charge in [-0.05, 0) is 19.4 Å². The summed E-state index contributed by atoms with van der Waals surface area (Å²) < 4.78 is 0. The van der Waals surface area contributed by atoms with E-state index in [2.05, 4.69) is 16.0 Å². The maximum Gasteiger partial charge on any atom is 0.315 e. The minimum Gasteiger partial charge on any atom is -0.396 e. The first-order valence-electron chi connectivity index (χ1n) is 4.69. The van der Waals surface area contributed by atoms with Crippen molar-refractivity contribution in [1.82, 2.24) is 16.0 Å². The SMILES string of the molecule is O=C(NCCCO)NC1CCNC1. The molecule has 0 aromatic rings. The third-order valence-corrected chi connectivity index (χ3v) is 2.02. The number of urea groups is 1. The first-order valence-corrected chi connectivity index (χ1v) is 4.69. The predicted molar refractivity (Wildman–Crippen MR) is 49.5 cm³/mol. The number of rotatable bonds is 4. The van der Waals surface area contributed by atoms with Crippen LogP contribution >= 0.6 is 0 Å². The molecule has 1 atom stereocenters. The van der Waals surface area contributed by atoms with Crippen molar-refractivity contribution in [2.75, 3.05) is 26.2 Å². The summed E-state index contributed by atoms with van der Waals surface area (Å²) in [6.45, 7) is 2.47. The van der Waals surface area contributed by atoms with E-state index in [9.17, 15) is 4.79 Å². The van der Waals surface area contributed by atoms with E-state index >= 15 is 0 Å². The molecule has 1 saturated heterocycles. The molecule has 5 heteroatoms. The van der Waals surface area contributed by atoms with Gasteiger partial charge in [0.05, 0.1) is 0 Å². The van der Waals surface area contributed by atoms with Gasteiger partial charge in [-0.1, -0.05) is 0 Å². The first-order chi connectivity index (χ1) is 6.33. The number of aliphatic hydroxyl groups excluding tert-OH is 1. The van der Waals surface area contributed by atoms with E-state index in [1.54, 1.807) is 0 Å². The molecule has 4 N–H and O–H groups in total. The second-order valence-electron chi connectivity index (χ2n) is 3.17. The number of hydrogen-bond acceptors (Lipinski definition) is 3. The molecule has 0 aromatic heterocycles. The molecule has 0 saturated carbocycles. The van der Waals surface area contributed by atoms with Gasteiger partial charge < -0.3 is 21.1 Å². The van der Waals surface area contributed by atoms with Crippen molar-refractivity contribution in [1.29, 1.82) is 0 Å². The Morgan fingerprint density at radius 2 is 2.46 bits per heavy atom. The minimum atomic E-state index is -0.137. The molecule has 1 fully saturated rings. The van der Waals surface area contributed by atoms with Gasteiger partial charge in [-0.15, -0.1) is 0 Å². The Bertz CT molecular complexity index is 157. The lowest BCUT2D eigenvalue weighted by atomic mass is 10.3. The van der Waals surface area contributed by atoms with Gasteiger partial charge in [0, 0.05) is 25.7 Å². The summed E-state index contributed by atoms with van der Waals surface area (Å²) in [5, 5.41) is 17.2. The third kappa shape index (κ3) is 4.10. The fraction of sp³-hybridized carbons (Fsp3) is 0.875. The van der Waals surface area contributed by atoms with Crippen LogP contribution in [-0.4, -0.2) is 43.4 Å². The molecular weight excluding hydrogens is 170 g/mol. The summed E-state index contributed by atoms with van der Waals surface area (Å²) >= 11 is 0. The van der Waals surface area contributed by atoms with Crippen LogP contribution in [0.2, 0.25) is 0 Å². The number of carbonyl (C=O) groups excluding carboxylic acids is 1. The molecule has 1 aliphatic heterocycles. The lowest BCUT2D eigenvalue weighted by Crippen LogP contribution is -2.43. The van der Waals surface area contributed by atoms with Crippen molar-refractivity contribution in [2.45, 2.75) is 18.9 Å². The molecule has 1 unspecified atom stereocenters. The Balaban J connectivity index is 2.02. The average molecular weight is 187 g/mol. The van der Waals surface area contributed by atoms with E-state index < -0.39 is 0 Å². The van der Waals surface area contributed by atoms with Crippen molar-refractivity contribution < 1.29 is 9.90 Å². The molecule has 0 radical (unpaired) electrons. The first kappa shape index (κ1) is 10.3. The highest BCUT2D eigenvalue weighted by Crippen LogP contribution is 1.95. The lowest BCUT2D eigenvalue weighted by molar-refractivity contribution is 0.235. The maximum absolute atomic E-state index is 11.1. The highest BCUT2D eigenvalue weighted by atomic mass is 16.3. The van der Waals surface area contributed by atoms with Gasteiger partial charge in [-0.25, -0.2) is 4.79 Å². The smallest absolute Gasteiger partial charge is 0.315 e. The van der Waals surface area contributed by atoms with Gasteiger partial charge in [-0.2, -0.15) is 0 Å². The normalized spacial score (nSPS) is 21.5. The van der Waals surface area contributed by atoms with E-state index in [1.165, 1.54) is 0 Å². The van der Waals surface area contributed by atoms with E-state index in [4.69, 9.17) is 5.11 Å². The average Bonchev–Trinajstić information content (AvgIpc) is 2.57. The number of aliphatic hydroxyl groups is 1. The number of carbonyl (C=O) groups is 1. The van der Waals surface area contributed by atoms with Gasteiger partial charge in [0.1, 0.15) is 0 Å². The molecule has 0 aliphatic carbocycles. The standard InChI is InChI=1S/C8H17N3O2/c12-5-1-3-10-8(13)11-7-2-4-9-6-7/h7,9,12H,1-6H2,(H2,10,11,13). The Morgan fingerprint density at radius 3 is 3.08 bits per heavy atom. The lowest BCUT2D eigenvalue weighted by Gasteiger charge is -2.11. The van der Waals surface area contributed by atoms with Crippen LogP contribution in [0.3, 0.4) is 0 Å². The van der Waals surface area contributed by atoms with Gasteiger partial charge in [0.2, 0.25) is 0 Å². The quantitative estimate of drug-likeness (QED) is 0.428. The van der Waals surface area contributed by atoms with Crippen molar-refractivity contribution in [2.24, 2.45) is 0 Å². The van der Waals surface area contributed by atoms with Crippen LogP contribution in [0.25, 0.3) is 0 Å². The zero-order valence-corrected chi connectivity index (χ0v) is 7.68. The summed E-state index contributed by atoms with van der Waals surface area (Å²) in [5.74, 6) is 0. The van der Waals surface area contributed by atoms with Crippen LogP contribution in [0.4, 0.5) is 4.79 Å². The zero-order chi connectivity index (χ0) is 9.52. The zero-order valence-electron chi connectivity index (χ0n) is 7.68. The maximum atomic E-state index is 11.1. The van der Waals surface area contributed by atoms with Gasteiger partial charge in [-0.3, -0.25) is 0 Å². The molecule has 0 bridgehead atoms. The van der Waals surface area contributed by atoms with E-state index in [0.717, 1.165) is 19.5 Å². The van der Waals surface area contributed by atoms with Crippen molar-refractivity contribution in [3.05, 3.63) is 0 Å². The molecule has 1 heterocycles. The second-order valence-corrected chi connectivity index (χ2v) is 3.17. The second kappa shape index (κ2) is 5.77. The van der Waals surface area contributed by atoms with E-state index in [1.807, 2.05) is 0 Å². The Labute approximate surface area is 77.9 Å². The third-order valence-electron chi connectivity index (χ3n) is 2.02. The molecule has 76 valence electrons. The summed E-state index contributed by atoms with van der Waals surface area (Å²) in [4.78, 5) is 11.1. The van der Waals surface area contributed by atoms with Crippen LogP contribution in [0, 0.1) is 0 Å². The summed E-state index contributed by atoms with van der Waals surface area (Å²) in [6, 6.07) is 0.122. The van der Waals surface area contributed by atoms with Crippen LogP contribution < -0.4 is 16.0 Å². The predicted octanol–water partition coefficient (Wildman–Crippen LogP) is -0.970. The summed E-state index contributed by atoms with van der Waals surface area (Å²) in [6.07, 6.45) is 1.60. The van der Waals surface area contributed by atoms with E-state index in [0.29, 0.717) is 13.0 Å². The van der Waals surface area contributed by atoms with Crippen LogP contribution in [0.5, 0.6) is 0 Å². The topological polar surface area (TPSA) is 73.4 Å². The van der Waals surface area contributed by atoms with Crippen molar-refractivity contribution in [3.8, 4) is 0 Å². The van der Waals surface area contributed by atoms with Crippen LogP contribution in [0.1, 0.15) is 12.8 Å². The summed E-state index contributed by atoms with van der Waals surface area (Å²) in [7, 11) is 0. The van der Waals surface area contributed by atoms with Crippen molar-refractivity contribution in [3.63, 3.8) is 0 Å². The van der Waals surface area contributed by atoms with Gasteiger partial charge >= 0.3 is 6.03 Å². The highest BCUT2D eigenvalue weighted by molar-refractivity contribution is 5.74. The van der Waals surface area contributed by atoms with Crippen molar-refractivity contribution >= 4 is 6.03 Å². The number of nitrogens with one attached hydrogen (secondary N) is 3. The van der Waals surface area contributed by atoms with Crippen LogP contribution in [-0.2, 0) is 0 Å². The largest absolute Gasteiger partial charge is 0.396 e. The molecule has 1 rings (SSSR count). The monoisotopic (exact) mass is 187 g/mol. The number of hydrogen-bond donors (Lipinski definition) is 4. The van der Waals surface area contributed by atoms with Crippen LogP contribution in [0.15, 0.2) is 0 Å². The van der Waals surface area contributed by atoms with Gasteiger partial charge in [0.15, 0.2) is 0 Å². The molecule has 2 amide bonds. The Morgan fingerprint density at radius 1 is 1.62 bits per heavy atom. The number of amides is 2. The molecule has 13 heavy (non-hydrogen) atoms. The fourth-order valence-corrected chi connectivity index (χ4v) is 1.30. The fourth-order valence-electron chi connectivity index (χ4n) is 1.30. The molecule has 0 aromatic carbocycles. The molecule has 0 spiro atoms. The van der Waals surface area contributed by atoms with E-state index in [-0.39, 0.29) is 18.7 Å².